The largest absolute Gasteiger partial charge is 0.497 e. The fourth-order valence-electron chi connectivity index (χ4n) is 2.93. The minimum absolute atomic E-state index is 0.0349. The van der Waals surface area contributed by atoms with Gasteiger partial charge in [-0.1, -0.05) is 19.9 Å². The molecular formula is C20H20N2O3. The molecule has 5 nitrogen and oxygen atoms in total. The smallest absolute Gasteiger partial charge is 0.277 e. The molecule has 0 radical (unpaired) electrons. The molecule has 5 heteroatoms. The number of carbonyl (C=O) groups is 2. The molecule has 0 saturated carbocycles. The molecule has 0 aromatic heterocycles. The van der Waals surface area contributed by atoms with Crippen LogP contribution in [0.1, 0.15) is 24.2 Å². The van der Waals surface area contributed by atoms with Crippen molar-refractivity contribution >= 4 is 17.5 Å². The third-order valence-electron chi connectivity index (χ3n) is 4.26. The molecule has 1 aliphatic carbocycles. The highest BCUT2D eigenvalue weighted by Crippen LogP contribution is 2.31. The molecule has 0 bridgehead atoms. The summed E-state index contributed by atoms with van der Waals surface area (Å²) in [4.78, 5) is 28.3. The molecule has 1 N–H and O–H groups in total. The lowest BCUT2D eigenvalue weighted by atomic mass is 9.82. The highest BCUT2D eigenvalue weighted by Gasteiger charge is 2.27. The van der Waals surface area contributed by atoms with Crippen molar-refractivity contribution in [1.82, 2.24) is 5.32 Å². The molecule has 128 valence electrons. The first-order valence-electron chi connectivity index (χ1n) is 8.17. The van der Waals surface area contributed by atoms with Gasteiger partial charge in [0, 0.05) is 23.3 Å². The summed E-state index contributed by atoms with van der Waals surface area (Å²) in [5.74, 6) is 0.516. The quantitative estimate of drug-likeness (QED) is 0.922. The number of ether oxygens (including phenoxy) is 1. The van der Waals surface area contributed by atoms with Crippen LogP contribution in [-0.4, -0.2) is 24.6 Å². The van der Waals surface area contributed by atoms with Gasteiger partial charge in [-0.3, -0.25) is 9.59 Å². The van der Waals surface area contributed by atoms with E-state index in [2.05, 4.69) is 24.2 Å². The predicted molar refractivity (Wildman–Crippen MR) is 96.5 cm³/mol. The second-order valence-electron chi connectivity index (χ2n) is 6.30. The van der Waals surface area contributed by atoms with Crippen molar-refractivity contribution in [3.63, 3.8) is 0 Å². The van der Waals surface area contributed by atoms with Crippen molar-refractivity contribution < 1.29 is 14.3 Å². The number of nitrogens with zero attached hydrogens (tertiary/aromatic N) is 1. The molecule has 0 spiro atoms. The molecule has 3 rings (SSSR count). The van der Waals surface area contributed by atoms with E-state index in [1.165, 1.54) is 0 Å². The summed E-state index contributed by atoms with van der Waals surface area (Å²) >= 11 is 0. The number of nitrogens with one attached hydrogen (secondary N) is 1. The lowest BCUT2D eigenvalue weighted by molar-refractivity contribution is -0.116. The molecular weight excluding hydrogens is 316 g/mol. The van der Waals surface area contributed by atoms with Crippen LogP contribution in [0.4, 0.5) is 0 Å². The topological polar surface area (TPSA) is 67.8 Å². The maximum atomic E-state index is 12.3. The summed E-state index contributed by atoms with van der Waals surface area (Å²) in [6.45, 7) is 4.12. The van der Waals surface area contributed by atoms with E-state index in [4.69, 9.17) is 4.74 Å². The molecule has 1 aromatic rings. The van der Waals surface area contributed by atoms with Crippen LogP contribution in [0, 0.1) is 11.8 Å². The molecule has 0 saturated heterocycles. The Labute approximate surface area is 146 Å². The highest BCUT2D eigenvalue weighted by atomic mass is 16.5. The van der Waals surface area contributed by atoms with Gasteiger partial charge in [-0.15, -0.1) is 0 Å². The van der Waals surface area contributed by atoms with E-state index in [-0.39, 0.29) is 23.7 Å². The number of rotatable bonds is 3. The van der Waals surface area contributed by atoms with Crippen LogP contribution >= 0.6 is 0 Å². The molecule has 2 amide bonds. The Morgan fingerprint density at radius 1 is 1.20 bits per heavy atom. The van der Waals surface area contributed by atoms with Gasteiger partial charge in [0.05, 0.1) is 12.8 Å². The third kappa shape index (κ3) is 3.60. The SMILES string of the molecule is COc1ccc(C(=O)N=C2C=CC3C(=C2)NC(=O)C=C3C(C)C)cc1. The van der Waals surface area contributed by atoms with Crippen molar-refractivity contribution in [3.8, 4) is 5.75 Å². The van der Waals surface area contributed by atoms with Gasteiger partial charge in [-0.2, -0.15) is 0 Å². The number of hydrogen-bond donors (Lipinski definition) is 1. The van der Waals surface area contributed by atoms with Gasteiger partial charge in [0.25, 0.3) is 5.91 Å². The van der Waals surface area contributed by atoms with Gasteiger partial charge < -0.3 is 10.1 Å². The number of hydrogen-bond acceptors (Lipinski definition) is 3. The van der Waals surface area contributed by atoms with Crippen molar-refractivity contribution in [2.45, 2.75) is 13.8 Å². The van der Waals surface area contributed by atoms with Gasteiger partial charge >= 0.3 is 0 Å². The van der Waals surface area contributed by atoms with E-state index in [1.807, 2.05) is 12.2 Å². The Hall–Kier alpha value is -2.95. The number of methoxy groups -OCH3 is 1. The number of fused-ring (bicyclic) bond motifs is 1. The Morgan fingerprint density at radius 3 is 2.56 bits per heavy atom. The van der Waals surface area contributed by atoms with E-state index in [9.17, 15) is 9.59 Å². The summed E-state index contributed by atoms with van der Waals surface area (Å²) in [5, 5.41) is 2.85. The maximum Gasteiger partial charge on any atom is 0.277 e. The number of allylic oxidation sites excluding steroid dienone is 3. The van der Waals surface area contributed by atoms with Crippen LogP contribution < -0.4 is 10.1 Å². The average molecular weight is 336 g/mol. The second-order valence-corrected chi connectivity index (χ2v) is 6.30. The van der Waals surface area contributed by atoms with Gasteiger partial charge in [0.1, 0.15) is 5.75 Å². The fourth-order valence-corrected chi connectivity index (χ4v) is 2.93. The fraction of sp³-hybridized carbons (Fsp3) is 0.250. The molecule has 2 aliphatic rings. The van der Waals surface area contributed by atoms with E-state index >= 15 is 0 Å². The van der Waals surface area contributed by atoms with E-state index in [0.717, 1.165) is 11.3 Å². The Bertz CT molecular complexity index is 827. The van der Waals surface area contributed by atoms with Gasteiger partial charge in [0.15, 0.2) is 0 Å². The summed E-state index contributed by atoms with van der Waals surface area (Å²) in [6, 6.07) is 6.80. The Morgan fingerprint density at radius 2 is 1.92 bits per heavy atom. The zero-order valence-electron chi connectivity index (χ0n) is 14.4. The molecule has 1 unspecified atom stereocenters. The van der Waals surface area contributed by atoms with E-state index in [1.54, 1.807) is 43.5 Å². The molecule has 1 aromatic carbocycles. The van der Waals surface area contributed by atoms with Gasteiger partial charge in [-0.05, 0) is 47.9 Å². The van der Waals surface area contributed by atoms with Crippen molar-refractivity contribution in [1.29, 1.82) is 0 Å². The first-order chi connectivity index (χ1) is 12.0. The Kier molecular flexibility index (Phi) is 4.65. The molecule has 0 fully saturated rings. The molecule has 1 atom stereocenters. The minimum atomic E-state index is -0.334. The zero-order chi connectivity index (χ0) is 18.0. The molecule has 25 heavy (non-hydrogen) atoms. The minimum Gasteiger partial charge on any atom is -0.497 e. The van der Waals surface area contributed by atoms with Gasteiger partial charge in [-0.25, -0.2) is 4.99 Å². The molecule has 1 aliphatic heterocycles. The Balaban J connectivity index is 1.84. The van der Waals surface area contributed by atoms with Gasteiger partial charge in [0.2, 0.25) is 5.91 Å². The van der Waals surface area contributed by atoms with Crippen molar-refractivity contribution in [2.75, 3.05) is 7.11 Å². The molecule has 1 heterocycles. The maximum absolute atomic E-state index is 12.3. The van der Waals surface area contributed by atoms with Crippen LogP contribution in [0.5, 0.6) is 5.75 Å². The van der Waals surface area contributed by atoms with E-state index < -0.39 is 0 Å². The average Bonchev–Trinajstić information content (AvgIpc) is 2.60. The highest BCUT2D eigenvalue weighted by molar-refractivity contribution is 6.14. The first-order valence-corrected chi connectivity index (χ1v) is 8.17. The van der Waals surface area contributed by atoms with Crippen LogP contribution in [0.3, 0.4) is 0 Å². The van der Waals surface area contributed by atoms with Crippen LogP contribution in [0.15, 0.2) is 64.8 Å². The lowest BCUT2D eigenvalue weighted by Gasteiger charge is -2.29. The number of carbonyl (C=O) groups excluding carboxylic acids is 2. The predicted octanol–water partition coefficient (Wildman–Crippen LogP) is 3.06. The van der Waals surface area contributed by atoms with Crippen molar-refractivity contribution in [3.05, 3.63) is 65.4 Å². The summed E-state index contributed by atoms with van der Waals surface area (Å²) < 4.78 is 5.08. The lowest BCUT2D eigenvalue weighted by Crippen LogP contribution is -2.34. The van der Waals surface area contributed by atoms with Crippen LogP contribution in [0.25, 0.3) is 0 Å². The van der Waals surface area contributed by atoms with Crippen LogP contribution in [0.2, 0.25) is 0 Å². The second kappa shape index (κ2) is 6.89. The summed E-state index contributed by atoms with van der Waals surface area (Å²) in [7, 11) is 1.57. The van der Waals surface area contributed by atoms with E-state index in [0.29, 0.717) is 17.0 Å². The summed E-state index contributed by atoms with van der Waals surface area (Å²) in [5.41, 5.74) is 2.84. The number of amides is 2. The normalized spacial score (nSPS) is 20.7. The third-order valence-corrected chi connectivity index (χ3v) is 4.26. The first kappa shape index (κ1) is 16.9. The number of benzene rings is 1. The van der Waals surface area contributed by atoms with Crippen LogP contribution in [-0.2, 0) is 4.79 Å². The monoisotopic (exact) mass is 336 g/mol. The van der Waals surface area contributed by atoms with Crippen molar-refractivity contribution in [2.24, 2.45) is 16.8 Å². The zero-order valence-corrected chi connectivity index (χ0v) is 14.4. The summed E-state index contributed by atoms with van der Waals surface area (Å²) in [6.07, 6.45) is 7.21. The number of aliphatic imine (C=N–C) groups is 1. The standard InChI is InChI=1S/C20H20N2O3/c1-12(2)17-11-19(23)22-18-10-14(6-9-16(17)18)21-20(24)13-4-7-15(25-3)8-5-13/h4-12,16H,1-3H3,(H,22,23).